The molecule has 1 fully saturated rings. The summed E-state index contributed by atoms with van der Waals surface area (Å²) < 4.78 is 0. The fourth-order valence-corrected chi connectivity index (χ4v) is 2.51. The first-order chi connectivity index (χ1) is 10.5. The Morgan fingerprint density at radius 1 is 1.08 bits per heavy atom. The zero-order valence-electron chi connectivity index (χ0n) is 17.4. The number of aliphatic hydroxyl groups is 1. The van der Waals surface area contributed by atoms with Crippen LogP contribution in [0.25, 0.3) is 0 Å². The van der Waals surface area contributed by atoms with Crippen molar-refractivity contribution in [3.05, 3.63) is 57.0 Å². The largest absolute Gasteiger partial charge is 1.00 e. The third-order valence-electron chi connectivity index (χ3n) is 3.81. The monoisotopic (exact) mass is 330 g/mol. The zero-order chi connectivity index (χ0) is 17.1. The van der Waals surface area contributed by atoms with Gasteiger partial charge in [0.1, 0.15) is 0 Å². The first kappa shape index (κ1) is 32.7. The van der Waals surface area contributed by atoms with Crippen molar-refractivity contribution < 1.29 is 42.8 Å². The summed E-state index contributed by atoms with van der Waals surface area (Å²) >= 11 is 0. The van der Waals surface area contributed by atoms with Gasteiger partial charge < -0.3 is 38.3 Å². The normalized spacial score (nSPS) is 13.9. The quantitative estimate of drug-likeness (QED) is 0.465. The Balaban J connectivity index is -0.000000159. The molecule has 2 rings (SSSR count). The molecule has 1 N–H and O–H groups in total. The molecule has 0 radical (unpaired) electrons. The minimum atomic E-state index is -0.689. The summed E-state index contributed by atoms with van der Waals surface area (Å²) in [7, 11) is 0. The second-order valence-electron chi connectivity index (χ2n) is 5.64. The third kappa shape index (κ3) is 12.9. The number of rotatable bonds is 2. The molecule has 0 amide bonds. The van der Waals surface area contributed by atoms with Crippen LogP contribution in [0.3, 0.4) is 0 Å². The average molecular weight is 330 g/mol. The number of aliphatic hydroxyl groups excluding tert-OH is 1. The molecular weight excluding hydrogens is 296 g/mol. The van der Waals surface area contributed by atoms with E-state index >= 15 is 0 Å². The van der Waals surface area contributed by atoms with E-state index in [1.165, 1.54) is 32.1 Å². The molecule has 1 unspecified atom stereocenters. The molecule has 1 aliphatic carbocycles. The van der Waals surface area contributed by atoms with Crippen LogP contribution < -0.4 is 37.7 Å². The maximum atomic E-state index is 9.32. The fourth-order valence-electron chi connectivity index (χ4n) is 2.51. The summed E-state index contributed by atoms with van der Waals surface area (Å²) in [5.41, 5.74) is 3.48. The first-order valence-corrected chi connectivity index (χ1v) is 8.02. The van der Waals surface area contributed by atoms with Gasteiger partial charge in [-0.05, 0) is 13.0 Å². The van der Waals surface area contributed by atoms with Gasteiger partial charge in [0.25, 0.3) is 0 Å². The van der Waals surface area contributed by atoms with E-state index in [2.05, 4.69) is 25.8 Å². The Morgan fingerprint density at radius 2 is 1.56 bits per heavy atom. The summed E-state index contributed by atoms with van der Waals surface area (Å²) in [5, 5.41) is 9.32. The second kappa shape index (κ2) is 18.8. The van der Waals surface area contributed by atoms with Crippen LogP contribution in [0.2, 0.25) is 0 Å². The molecule has 1 saturated carbocycles. The molecule has 1 aromatic rings. The smallest absolute Gasteiger partial charge is 0.459 e. The van der Waals surface area contributed by atoms with Gasteiger partial charge in [-0.3, -0.25) is 0 Å². The molecule has 134 valence electrons. The average Bonchev–Trinajstić information content (AvgIpc) is 2.52. The Bertz CT molecular complexity index is 442. The van der Waals surface area contributed by atoms with E-state index in [4.69, 9.17) is 6.72 Å². The Kier molecular flexibility index (Phi) is 24.6. The van der Waals surface area contributed by atoms with Gasteiger partial charge in [-0.25, -0.2) is 0 Å². The van der Waals surface area contributed by atoms with E-state index in [1.807, 2.05) is 26.0 Å². The van der Waals surface area contributed by atoms with Crippen LogP contribution >= 0.6 is 0 Å². The van der Waals surface area contributed by atoms with E-state index in [0.717, 1.165) is 28.3 Å². The van der Waals surface area contributed by atoms with Gasteiger partial charge in [0.2, 0.25) is 0 Å². The summed E-state index contributed by atoms with van der Waals surface area (Å²) in [6, 6.07) is 3.71. The van der Waals surface area contributed by atoms with Crippen LogP contribution in [0, 0.1) is 48.0 Å². The molecule has 0 aliphatic heterocycles. The molecule has 4 heteroatoms. The minimum Gasteiger partial charge on any atom is -0.459 e. The molecule has 0 spiro atoms. The van der Waals surface area contributed by atoms with Gasteiger partial charge >= 0.3 is 37.7 Å². The van der Waals surface area contributed by atoms with Gasteiger partial charge in [0.05, 0.1) is 0 Å². The third-order valence-corrected chi connectivity index (χ3v) is 3.81. The summed E-state index contributed by atoms with van der Waals surface area (Å²) in [5.74, 6) is 0.786. The minimum absolute atomic E-state index is 0. The maximum absolute atomic E-state index is 9.32. The van der Waals surface area contributed by atoms with Crippen molar-refractivity contribution in [2.75, 3.05) is 0 Å². The predicted molar refractivity (Wildman–Crippen MR) is 104 cm³/mol. The molecule has 0 aromatic heterocycles. The topological polar surface area (TPSA) is 32.6 Å². The van der Waals surface area contributed by atoms with Crippen LogP contribution in [0.5, 0.6) is 0 Å². The molecule has 1 atom stereocenters. The van der Waals surface area contributed by atoms with Crippen molar-refractivity contribution in [3.63, 3.8) is 0 Å². The SMILES string of the molecule is [CH-]=Nc1cc(C)c(C([CH2-])O)cc1C.[CH2-]C.[CH2-]C1CCCCC1.[CH3-].[Li+].[Li+]. The Morgan fingerprint density at radius 3 is 1.88 bits per heavy atom. The van der Waals surface area contributed by atoms with Crippen molar-refractivity contribution >= 4 is 12.4 Å². The molecule has 1 aromatic carbocycles. The number of benzene rings is 1. The summed E-state index contributed by atoms with van der Waals surface area (Å²) in [6.07, 6.45) is 6.36. The van der Waals surface area contributed by atoms with Crippen molar-refractivity contribution in [1.82, 2.24) is 0 Å². The summed E-state index contributed by atoms with van der Waals surface area (Å²) in [6.45, 7) is 21.6. The molecule has 1 aliphatic rings. The van der Waals surface area contributed by atoms with E-state index < -0.39 is 6.10 Å². The molecule has 25 heavy (non-hydrogen) atoms. The van der Waals surface area contributed by atoms with Gasteiger partial charge in [-0.15, -0.1) is 11.6 Å². The molecule has 0 heterocycles. The maximum Gasteiger partial charge on any atom is 1.00 e. The van der Waals surface area contributed by atoms with E-state index in [9.17, 15) is 5.11 Å². The van der Waals surface area contributed by atoms with Crippen LogP contribution in [-0.2, 0) is 0 Å². The fraction of sp³-hybridized carbons (Fsp3) is 0.476. The predicted octanol–water partition coefficient (Wildman–Crippen LogP) is 0.0795. The number of aryl methyl sites for hydroxylation is 2. The Labute approximate surface area is 181 Å². The van der Waals surface area contributed by atoms with Gasteiger partial charge in [0.15, 0.2) is 0 Å². The zero-order valence-corrected chi connectivity index (χ0v) is 17.4. The van der Waals surface area contributed by atoms with Crippen molar-refractivity contribution in [3.8, 4) is 0 Å². The molecule has 0 bridgehead atoms. The van der Waals surface area contributed by atoms with Gasteiger partial charge in [-0.2, -0.15) is 19.6 Å². The molecule has 2 nitrogen and oxygen atoms in total. The van der Waals surface area contributed by atoms with E-state index in [-0.39, 0.29) is 45.1 Å². The van der Waals surface area contributed by atoms with Crippen LogP contribution in [-0.4, -0.2) is 11.8 Å². The molecular formula is C21H34Li2NO-3. The number of aliphatic imine (C=N–C) groups is 1. The van der Waals surface area contributed by atoms with Crippen molar-refractivity contribution in [2.24, 2.45) is 10.9 Å². The first-order valence-electron chi connectivity index (χ1n) is 8.02. The van der Waals surface area contributed by atoms with Crippen molar-refractivity contribution in [1.29, 1.82) is 0 Å². The number of nitrogens with zero attached hydrogens (tertiary/aromatic N) is 1. The van der Waals surface area contributed by atoms with Gasteiger partial charge in [0, 0.05) is 0 Å². The Hall–Kier alpha value is 0.0448. The molecule has 0 saturated heterocycles. The van der Waals surface area contributed by atoms with Crippen LogP contribution in [0.15, 0.2) is 17.1 Å². The standard InChI is InChI=1S/C11H13NO.C7H13.C2H5.CH3.2Li/c1-7-6-11(12-4)8(2)5-10(7)9(3)13;1-7-5-3-2-4-6-7;1-2;;;/h4-6,9,13H,3H2,1-2H3;7H,1-6H2;1H2,2H3;1H3;;/q-2;3*-1;2*+1. The van der Waals surface area contributed by atoms with E-state index in [1.54, 1.807) is 6.92 Å². The summed E-state index contributed by atoms with van der Waals surface area (Å²) in [4.78, 5) is 3.63. The number of hydrogen-bond acceptors (Lipinski definition) is 2. The van der Waals surface area contributed by atoms with Crippen LogP contribution in [0.1, 0.15) is 61.8 Å². The van der Waals surface area contributed by atoms with E-state index in [0.29, 0.717) is 0 Å². The van der Waals surface area contributed by atoms with Crippen molar-refractivity contribution in [2.45, 2.75) is 59.0 Å². The van der Waals surface area contributed by atoms with Crippen LogP contribution in [0.4, 0.5) is 5.69 Å². The second-order valence-corrected chi connectivity index (χ2v) is 5.64. The van der Waals surface area contributed by atoms with Gasteiger partial charge in [-0.1, -0.05) is 61.9 Å². The number of hydrogen-bond donors (Lipinski definition) is 1.